The summed E-state index contributed by atoms with van der Waals surface area (Å²) >= 11 is 0. The van der Waals surface area contributed by atoms with Crippen LogP contribution in [-0.4, -0.2) is 307 Å². The van der Waals surface area contributed by atoms with Crippen molar-refractivity contribution in [1.29, 1.82) is 0 Å². The lowest BCUT2D eigenvalue weighted by Gasteiger charge is -2.32. The molecular weight excluding hydrogens is 853 g/mol. The second-order valence-electron chi connectivity index (χ2n) is 18.0. The zero-order chi connectivity index (χ0) is 49.4. The van der Waals surface area contributed by atoms with Crippen LogP contribution in [0, 0.1) is 6.92 Å². The van der Waals surface area contributed by atoms with Crippen molar-refractivity contribution in [3.63, 3.8) is 0 Å². The number of nitrogens with two attached hydrogens (primary N) is 3. The Morgan fingerprint density at radius 3 is 1.33 bits per heavy atom. The fourth-order valence-electron chi connectivity index (χ4n) is 7.67. The molecule has 0 aliphatic heterocycles. The van der Waals surface area contributed by atoms with E-state index in [2.05, 4.69) is 90.4 Å². The van der Waals surface area contributed by atoms with Crippen molar-refractivity contribution < 1.29 is 24.4 Å². The number of rotatable bonds is 55. The molecule has 0 aromatic carbocycles. The first-order chi connectivity index (χ1) is 32.6. The largest absolute Gasteiger partial charge is 0.389 e. The second kappa shape index (κ2) is 50.2. The minimum atomic E-state index is -0.592. The minimum absolute atomic E-state index is 0.245. The molecule has 0 fully saturated rings. The lowest BCUT2D eigenvalue weighted by Crippen LogP contribution is -2.45. The van der Waals surface area contributed by atoms with E-state index in [4.69, 9.17) is 38.3 Å². The standard InChI is InChI=1S/C48H110N14O5/c1-7-21-56(5)29-31-58(23-9-3)33-36-61(32-30-57(6)22-8-2)37-38-62(24-10-4)44-48(64)46-67-42-40-65-39-41-66-45-47(63)43-55-17-16-54-20-26-59(25-13-51)34-35-60(27-18-52-14-11-49)28-19-53-15-12-50/h2,47-48,52-55,63-64H,7-46,49-51H2,1,3-6H3. The van der Waals surface area contributed by atoms with E-state index in [9.17, 15) is 10.2 Å². The van der Waals surface area contributed by atoms with Gasteiger partial charge in [0.15, 0.2) is 0 Å². The molecule has 0 spiro atoms. The number of likely N-dealkylation sites (N-methyl/N-ethyl adjacent to an activating group) is 2. The summed E-state index contributed by atoms with van der Waals surface area (Å²) in [6, 6.07) is 0. The predicted octanol–water partition coefficient (Wildman–Crippen LogP) is -2.30. The zero-order valence-electron chi connectivity index (χ0n) is 44.0. The van der Waals surface area contributed by atoms with Gasteiger partial charge in [0, 0.05) is 170 Å². The Morgan fingerprint density at radius 1 is 0.418 bits per heavy atom. The highest BCUT2D eigenvalue weighted by Gasteiger charge is 2.16. The van der Waals surface area contributed by atoms with Crippen LogP contribution in [0.25, 0.3) is 0 Å². The maximum Gasteiger partial charge on any atom is 0.0900 e. The summed E-state index contributed by atoms with van der Waals surface area (Å²) in [5, 5.41) is 34.8. The topological polar surface area (TPSA) is 217 Å². The molecule has 19 heteroatoms. The molecule has 67 heavy (non-hydrogen) atoms. The first-order valence-corrected chi connectivity index (χ1v) is 26.4. The molecule has 402 valence electrons. The van der Waals surface area contributed by atoms with Crippen LogP contribution < -0.4 is 38.5 Å². The third-order valence-corrected chi connectivity index (χ3v) is 11.6. The van der Waals surface area contributed by atoms with E-state index in [1.165, 1.54) is 6.42 Å². The summed E-state index contributed by atoms with van der Waals surface area (Å²) in [5.74, 6) is 0. The number of aliphatic hydroxyl groups is 2. The lowest BCUT2D eigenvalue weighted by molar-refractivity contribution is -0.0261. The highest BCUT2D eigenvalue weighted by atomic mass is 16.5. The Hall–Kier alpha value is -0.760. The minimum Gasteiger partial charge on any atom is -0.389 e. The van der Waals surface area contributed by atoms with Crippen molar-refractivity contribution in [3.05, 3.63) is 6.92 Å². The van der Waals surface area contributed by atoms with Gasteiger partial charge in [-0.25, -0.2) is 0 Å². The molecule has 0 aromatic heterocycles. The summed E-state index contributed by atoms with van der Waals surface area (Å²) in [6.07, 6.45) is 2.89. The van der Waals surface area contributed by atoms with Gasteiger partial charge in [0.2, 0.25) is 0 Å². The molecule has 2 radical (unpaired) electrons. The molecule has 2 atom stereocenters. The summed E-state index contributed by atoms with van der Waals surface area (Å²) in [6.45, 7) is 41.6. The van der Waals surface area contributed by atoms with E-state index >= 15 is 0 Å². The van der Waals surface area contributed by atoms with Gasteiger partial charge in [-0.05, 0) is 72.9 Å². The van der Waals surface area contributed by atoms with Gasteiger partial charge in [-0.3, -0.25) is 19.6 Å². The second-order valence-corrected chi connectivity index (χ2v) is 18.0. The van der Waals surface area contributed by atoms with Gasteiger partial charge in [0.1, 0.15) is 0 Å². The Balaban J connectivity index is 4.32. The molecule has 0 saturated carbocycles. The van der Waals surface area contributed by atoms with E-state index in [0.29, 0.717) is 65.6 Å². The van der Waals surface area contributed by atoms with Crippen LogP contribution in [0.2, 0.25) is 0 Å². The summed E-state index contributed by atoms with van der Waals surface area (Å²) in [4.78, 5) is 17.2. The monoisotopic (exact) mass is 963 g/mol. The average Bonchev–Trinajstić information content (AvgIpc) is 3.31. The van der Waals surface area contributed by atoms with Gasteiger partial charge in [-0.1, -0.05) is 20.8 Å². The van der Waals surface area contributed by atoms with Crippen molar-refractivity contribution >= 4 is 0 Å². The average molecular weight is 964 g/mol. The van der Waals surface area contributed by atoms with Gasteiger partial charge in [-0.2, -0.15) is 0 Å². The van der Waals surface area contributed by atoms with Gasteiger partial charge in [-0.15, -0.1) is 0 Å². The predicted molar refractivity (Wildman–Crippen MR) is 280 cm³/mol. The highest BCUT2D eigenvalue weighted by molar-refractivity contribution is 4.72. The van der Waals surface area contributed by atoms with Crippen LogP contribution in [0.3, 0.4) is 0 Å². The van der Waals surface area contributed by atoms with Crippen molar-refractivity contribution in [2.45, 2.75) is 58.7 Å². The maximum atomic E-state index is 10.9. The van der Waals surface area contributed by atoms with E-state index in [1.54, 1.807) is 0 Å². The normalized spacial score (nSPS) is 13.3. The van der Waals surface area contributed by atoms with Crippen LogP contribution >= 0.6 is 0 Å². The maximum absolute atomic E-state index is 10.9. The van der Waals surface area contributed by atoms with Crippen LogP contribution in [0.15, 0.2) is 0 Å². The lowest BCUT2D eigenvalue weighted by atomic mass is 10.3. The van der Waals surface area contributed by atoms with Crippen molar-refractivity contribution in [2.75, 3.05) is 250 Å². The summed E-state index contributed by atoms with van der Waals surface area (Å²) < 4.78 is 17.1. The fraction of sp³-hybridized carbons (Fsp3) is 0.979. The first kappa shape index (κ1) is 66.2. The molecule has 0 aromatic rings. The van der Waals surface area contributed by atoms with Crippen molar-refractivity contribution in [2.24, 2.45) is 17.2 Å². The Labute approximate surface area is 411 Å². The molecule has 0 rings (SSSR count). The van der Waals surface area contributed by atoms with Crippen molar-refractivity contribution in [3.8, 4) is 0 Å². The number of hydrogen-bond acceptors (Lipinski definition) is 19. The molecule has 0 aliphatic rings. The van der Waals surface area contributed by atoms with Gasteiger partial charge in [0.05, 0.1) is 51.8 Å². The molecule has 0 amide bonds. The molecule has 12 N–H and O–H groups in total. The number of aliphatic hydroxyl groups excluding tert-OH is 2. The zero-order valence-corrected chi connectivity index (χ0v) is 44.0. The number of hydrogen-bond donors (Lipinski definition) is 9. The number of ether oxygens (including phenoxy) is 3. The van der Waals surface area contributed by atoms with Crippen LogP contribution in [-0.2, 0) is 14.2 Å². The quantitative estimate of drug-likeness (QED) is 0.0293. The van der Waals surface area contributed by atoms with Crippen molar-refractivity contribution in [1.82, 2.24) is 55.6 Å². The van der Waals surface area contributed by atoms with Gasteiger partial charge >= 0.3 is 0 Å². The smallest absolute Gasteiger partial charge is 0.0900 e. The Kier molecular flexibility index (Phi) is 49.6. The summed E-state index contributed by atoms with van der Waals surface area (Å²) in [5.41, 5.74) is 17.2. The molecule has 19 nitrogen and oxygen atoms in total. The molecule has 0 saturated heterocycles. The van der Waals surface area contributed by atoms with E-state index in [1.807, 2.05) is 0 Å². The molecule has 2 unspecified atom stereocenters. The van der Waals surface area contributed by atoms with Crippen LogP contribution in [0.5, 0.6) is 0 Å². The first-order valence-electron chi connectivity index (χ1n) is 26.4. The Morgan fingerprint density at radius 2 is 0.821 bits per heavy atom. The van der Waals surface area contributed by atoms with Gasteiger partial charge < -0.3 is 77.6 Å². The molecular formula is C48H110N14O5. The van der Waals surface area contributed by atoms with E-state index in [0.717, 1.165) is 176 Å². The Bertz CT molecular complexity index is 980. The number of nitrogens with one attached hydrogen (secondary N) is 4. The molecule has 0 aliphatic carbocycles. The van der Waals surface area contributed by atoms with E-state index < -0.39 is 12.2 Å². The highest BCUT2D eigenvalue weighted by Crippen LogP contribution is 2.02. The third kappa shape index (κ3) is 43.7. The van der Waals surface area contributed by atoms with Gasteiger partial charge in [0.25, 0.3) is 0 Å². The summed E-state index contributed by atoms with van der Waals surface area (Å²) in [7, 11) is 4.37. The SMILES string of the molecule is [CH]CCN(C)CCN(CCN(CCC)CCN(C)CCC)CCN(CCC)CC(O)COCCOCCOCC(O)CNCCNCCN(CCN)CCN(CCNCCN)CCNCCN. The molecule has 0 heterocycles. The fourth-order valence-corrected chi connectivity index (χ4v) is 7.67. The third-order valence-electron chi connectivity index (χ3n) is 11.6. The number of nitrogens with zero attached hydrogens (tertiary/aromatic N) is 7. The van der Waals surface area contributed by atoms with Crippen LogP contribution in [0.1, 0.15) is 46.5 Å². The molecule has 0 bridgehead atoms. The van der Waals surface area contributed by atoms with E-state index in [-0.39, 0.29) is 13.2 Å². The van der Waals surface area contributed by atoms with Crippen LogP contribution in [0.4, 0.5) is 0 Å².